The third-order valence-corrected chi connectivity index (χ3v) is 21.0. The summed E-state index contributed by atoms with van der Waals surface area (Å²) in [6.07, 6.45) is -5.80. The Balaban J connectivity index is 2.56. The van der Waals surface area contributed by atoms with Crippen LogP contribution >= 0.6 is 0 Å². The Kier molecular flexibility index (Phi) is 53.9. The van der Waals surface area contributed by atoms with Crippen LogP contribution in [-0.4, -0.2) is 280 Å². The van der Waals surface area contributed by atoms with Crippen LogP contribution in [0.4, 0.5) is 0 Å². The summed E-state index contributed by atoms with van der Waals surface area (Å²) >= 11 is 0. The van der Waals surface area contributed by atoms with Crippen molar-refractivity contribution in [2.24, 2.45) is 57.9 Å². The summed E-state index contributed by atoms with van der Waals surface area (Å²) in [5, 5.41) is 117. The smallest absolute Gasteiger partial charge is 0.326 e. The fourth-order valence-corrected chi connectivity index (χ4v) is 13.5. The van der Waals surface area contributed by atoms with Crippen LogP contribution in [0.1, 0.15) is 176 Å². The van der Waals surface area contributed by atoms with Crippen molar-refractivity contribution in [2.45, 2.75) is 281 Å². The number of aliphatic hydroxyl groups is 2. The molecule has 2 aromatic rings. The quantitative estimate of drug-likeness (QED) is 0.0166. The van der Waals surface area contributed by atoms with Gasteiger partial charge in [-0.05, 0) is 140 Å². The van der Waals surface area contributed by atoms with E-state index in [2.05, 4.69) is 95.7 Å². The van der Waals surface area contributed by atoms with Gasteiger partial charge < -0.3 is 156 Å². The van der Waals surface area contributed by atoms with Gasteiger partial charge in [0, 0.05) is 39.0 Å². The first kappa shape index (κ1) is 117. The zero-order valence-corrected chi connectivity index (χ0v) is 77.9. The molecule has 754 valence electrons. The number of carboxylic acids is 2. The highest BCUT2D eigenvalue weighted by Gasteiger charge is 2.41. The van der Waals surface area contributed by atoms with Gasteiger partial charge in [-0.15, -0.1) is 0 Å². The van der Waals surface area contributed by atoms with Crippen molar-refractivity contribution in [2.75, 3.05) is 32.7 Å². The minimum atomic E-state index is -2.01. The van der Waals surface area contributed by atoms with E-state index in [-0.39, 0.29) is 159 Å². The zero-order valence-electron chi connectivity index (χ0n) is 77.9. The van der Waals surface area contributed by atoms with E-state index in [1.165, 1.54) is 6.92 Å². The van der Waals surface area contributed by atoms with Crippen LogP contribution < -0.4 is 136 Å². The first-order chi connectivity index (χ1) is 63.5. The molecule has 0 bridgehead atoms. The van der Waals surface area contributed by atoms with Crippen LogP contribution in [0.25, 0.3) is 0 Å². The molecular formula is C85H143N29O21. The van der Waals surface area contributed by atoms with Crippen molar-refractivity contribution in [3.05, 3.63) is 71.8 Å². The highest BCUT2D eigenvalue weighted by atomic mass is 16.4. The maximum absolute atomic E-state index is 14.9. The molecule has 50 heteroatoms. The van der Waals surface area contributed by atoms with Crippen LogP contribution in [0.3, 0.4) is 0 Å². The van der Waals surface area contributed by atoms with E-state index in [4.69, 9.17) is 61.8 Å². The first-order valence-corrected chi connectivity index (χ1v) is 44.7. The lowest BCUT2D eigenvalue weighted by atomic mass is 9.96. The third kappa shape index (κ3) is 47.0. The zero-order chi connectivity index (χ0) is 102. The Morgan fingerprint density at radius 2 is 0.630 bits per heavy atom. The molecule has 2 aromatic carbocycles. The molecule has 18 unspecified atom stereocenters. The minimum Gasteiger partial charge on any atom is -0.481 e. The number of aliphatic hydroxyl groups excluding tert-OH is 2. The van der Waals surface area contributed by atoms with Gasteiger partial charge in [0.1, 0.15) is 84.6 Å². The molecule has 2 rings (SSSR count). The fourth-order valence-electron chi connectivity index (χ4n) is 13.5. The summed E-state index contributed by atoms with van der Waals surface area (Å²) in [4.78, 5) is 238. The van der Waals surface area contributed by atoms with Crippen LogP contribution in [-0.2, 0) is 94.3 Å². The van der Waals surface area contributed by atoms with Gasteiger partial charge in [-0.3, -0.25) is 98.3 Å². The Morgan fingerprint density at radius 3 is 1.01 bits per heavy atom. The Bertz CT molecular complexity index is 4290. The van der Waals surface area contributed by atoms with E-state index in [0.29, 0.717) is 11.1 Å². The molecule has 18 atom stereocenters. The standard InChI is InChI=1S/C85H143N29O21/c1-10-45(6)64(78(131)103-54(30-21-35-99-84(93)94)71(124)107-56(37-43(2)3)72(125)102-53(29-20-34-98-83(91)92)70(123)109-58(39-49-23-13-11-14-24-49)74(127)108-57(38-44(4)5)73(126)105-55(81(134)135)31-22-36-100-85(95)96)112-77(130)60(41-62(88)117)111-80(133)65(47(8)115)113-67(120)46(7)101-69(122)52(28-17-18-32-86)104-79(132)66(48(9)116)114-76(129)59(40-50-25-15-12-16-26-50)110-75(128)61(42-63(118)119)106-68(121)51(87)27-19-33-97-82(89)90/h11-16,23-26,43-48,51-61,64-66,115-116H,10,17-22,27-42,86-87H2,1-9H3,(H2,88,117)(H,101,122)(H,102,125)(H,103,131)(H,104,132)(H,105,126)(H,106,121)(H,107,124)(H,108,127)(H,109,123)(H,110,128)(H,111,133)(H,112,130)(H,113,120)(H,114,129)(H,118,119)(H,134,135)(H4,89,90,97)(H4,91,92,98)(H4,93,94,99)(H4,95,96,100). The van der Waals surface area contributed by atoms with Crippen molar-refractivity contribution >= 4 is 124 Å². The van der Waals surface area contributed by atoms with Gasteiger partial charge in [0.25, 0.3) is 0 Å². The molecule has 40 N–H and O–H groups in total. The maximum Gasteiger partial charge on any atom is 0.326 e. The average molecular weight is 1910 g/mol. The molecule has 0 radical (unpaired) electrons. The van der Waals surface area contributed by atoms with E-state index in [1.54, 1.807) is 95.3 Å². The van der Waals surface area contributed by atoms with E-state index < -0.39 is 234 Å². The summed E-state index contributed by atoms with van der Waals surface area (Å²) in [7, 11) is 0. The lowest BCUT2D eigenvalue weighted by molar-refractivity contribution is -0.142. The van der Waals surface area contributed by atoms with Crippen molar-refractivity contribution < 1.29 is 102 Å². The summed E-state index contributed by atoms with van der Waals surface area (Å²) in [6, 6.07) is -7.92. The number of amides is 15. The molecule has 0 spiro atoms. The third-order valence-electron chi connectivity index (χ3n) is 21.0. The Hall–Kier alpha value is -13.6. The Labute approximate surface area is 783 Å². The molecule has 50 nitrogen and oxygen atoms in total. The molecular weight excluding hydrogens is 1760 g/mol. The van der Waals surface area contributed by atoms with Crippen molar-refractivity contribution in [1.82, 2.24) is 95.7 Å². The molecule has 0 saturated heterocycles. The highest BCUT2D eigenvalue weighted by Crippen LogP contribution is 2.17. The summed E-state index contributed by atoms with van der Waals surface area (Å²) < 4.78 is 0. The van der Waals surface area contributed by atoms with Crippen molar-refractivity contribution in [3.63, 3.8) is 0 Å². The number of carbonyl (C=O) groups is 17. The first-order valence-electron chi connectivity index (χ1n) is 44.7. The SMILES string of the molecule is CCC(C)C(NC(=O)C(CC(N)=O)NC(=O)C(NC(=O)C(C)NC(=O)C(CCCCN)NC(=O)C(NC(=O)C(Cc1ccccc1)NC(=O)C(CC(=O)O)NC(=O)C(N)CCCNC(=N)N)C(C)O)C(C)O)C(=O)NC(CCCNC(=N)N)C(=O)NC(CC(C)C)C(=O)NC(CCCNC(=N)N)C(=O)NC(Cc1ccccc1)C(=O)NC(CC(C)C)C(=O)NC(CCCNC(=N)N)C(=O)O. The van der Waals surface area contributed by atoms with Crippen LogP contribution in [0, 0.1) is 39.4 Å². The fraction of sp³-hybridized carbons (Fsp3) is 0.612. The molecule has 0 saturated carbocycles. The molecule has 0 aromatic heterocycles. The van der Waals surface area contributed by atoms with Gasteiger partial charge in [0.15, 0.2) is 23.8 Å². The van der Waals surface area contributed by atoms with Gasteiger partial charge in [-0.2, -0.15) is 0 Å². The highest BCUT2D eigenvalue weighted by molar-refractivity contribution is 6.02. The van der Waals surface area contributed by atoms with E-state index in [0.717, 1.165) is 20.8 Å². The molecule has 0 aliphatic heterocycles. The van der Waals surface area contributed by atoms with Gasteiger partial charge in [-0.1, -0.05) is 109 Å². The normalized spacial score (nSPS) is 15.1. The van der Waals surface area contributed by atoms with Crippen LogP contribution in [0.15, 0.2) is 60.7 Å². The van der Waals surface area contributed by atoms with Crippen molar-refractivity contribution in [3.8, 4) is 0 Å². The Morgan fingerprint density at radius 1 is 0.333 bits per heavy atom. The number of unbranched alkanes of at least 4 members (excludes halogenated alkanes) is 1. The number of carboxylic acid groups (broad SMARTS) is 2. The van der Waals surface area contributed by atoms with Crippen molar-refractivity contribution in [1.29, 1.82) is 21.6 Å². The second-order valence-electron chi connectivity index (χ2n) is 33.7. The number of hydrogen-bond donors (Lipinski definition) is 33. The number of primary amides is 1. The average Bonchev–Trinajstić information content (AvgIpc) is 0.844. The molecule has 0 aliphatic carbocycles. The summed E-state index contributed by atoms with van der Waals surface area (Å²) in [5.74, 6) is -22.0. The van der Waals surface area contributed by atoms with Crippen LogP contribution in [0.2, 0.25) is 0 Å². The lowest BCUT2D eigenvalue weighted by Crippen LogP contribution is -2.63. The van der Waals surface area contributed by atoms with Gasteiger partial charge in [0.05, 0.1) is 31.1 Å². The lowest BCUT2D eigenvalue weighted by Gasteiger charge is -2.30. The number of benzene rings is 2. The molecule has 0 fully saturated rings. The summed E-state index contributed by atoms with van der Waals surface area (Å²) in [6.45, 7) is 13.7. The number of carbonyl (C=O) groups excluding carboxylic acids is 15. The van der Waals surface area contributed by atoms with Crippen LogP contribution in [0.5, 0.6) is 0 Å². The molecule has 0 aliphatic rings. The molecule has 135 heavy (non-hydrogen) atoms. The van der Waals surface area contributed by atoms with Gasteiger partial charge >= 0.3 is 11.9 Å². The predicted molar refractivity (Wildman–Crippen MR) is 496 cm³/mol. The largest absolute Gasteiger partial charge is 0.481 e. The number of aliphatic carboxylic acids is 2. The summed E-state index contributed by atoms with van der Waals surface area (Å²) in [5.41, 5.74) is 40.2. The van der Waals surface area contributed by atoms with Gasteiger partial charge in [-0.25, -0.2) is 4.79 Å². The predicted octanol–water partition coefficient (Wildman–Crippen LogP) is -7.88. The topological polar surface area (TPSA) is 865 Å². The second-order valence-corrected chi connectivity index (χ2v) is 33.7. The van der Waals surface area contributed by atoms with Gasteiger partial charge in [0.2, 0.25) is 88.6 Å². The monoisotopic (exact) mass is 1910 g/mol. The minimum absolute atomic E-state index is 0.00185. The number of nitrogens with one attached hydrogen (secondary N) is 22. The number of nitrogens with two attached hydrogens (primary N) is 7. The van der Waals surface area contributed by atoms with E-state index >= 15 is 0 Å². The van der Waals surface area contributed by atoms with E-state index in [1.807, 2.05) is 0 Å². The second kappa shape index (κ2) is 62.0. The number of guanidine groups is 4. The molecule has 0 heterocycles. The van der Waals surface area contributed by atoms with E-state index in [9.17, 15) is 102 Å². The number of hydrogen-bond acceptors (Lipinski definition) is 25. The molecule has 15 amide bonds. The maximum atomic E-state index is 14.9. The number of rotatable bonds is 65.